The van der Waals surface area contributed by atoms with Crippen LogP contribution in [-0.4, -0.2) is 61.9 Å². The smallest absolute Gasteiger partial charge is 0.331 e. The summed E-state index contributed by atoms with van der Waals surface area (Å²) in [4.78, 5) is 34.7. The van der Waals surface area contributed by atoms with Crippen LogP contribution >= 0.6 is 0 Å². The fraction of sp³-hybridized carbons (Fsp3) is 0.273. The molecule has 1 N–H and O–H groups in total. The van der Waals surface area contributed by atoms with E-state index in [1.807, 2.05) is 0 Å². The number of morpholine rings is 1. The molecule has 3 rings (SSSR count). The van der Waals surface area contributed by atoms with Crippen molar-refractivity contribution in [2.24, 2.45) is 0 Å². The van der Waals surface area contributed by atoms with Gasteiger partial charge >= 0.3 is 5.97 Å². The average Bonchev–Trinajstić information content (AvgIpc) is 2.83. The number of nitro groups is 1. The summed E-state index contributed by atoms with van der Waals surface area (Å²) < 4.78 is 36.9. The van der Waals surface area contributed by atoms with Crippen LogP contribution in [0.3, 0.4) is 0 Å². The van der Waals surface area contributed by atoms with Crippen molar-refractivity contribution in [1.82, 2.24) is 4.31 Å². The standard InChI is InChI=1S/C22H23N3O8S/c1-16(33-21(26)10-5-17-3-2-4-19(15-17)25(28)29)22(27)23-18-6-8-20(9-7-18)34(30,31)24-11-13-32-14-12-24/h2-10,15-16H,11-14H2,1H3,(H,23,27)/b10-5+/t16-/m0/s1. The number of benzene rings is 2. The van der Waals surface area contributed by atoms with Gasteiger partial charge in [-0.2, -0.15) is 4.31 Å². The van der Waals surface area contributed by atoms with E-state index in [-0.39, 0.29) is 23.7 Å². The summed E-state index contributed by atoms with van der Waals surface area (Å²) in [5.41, 5.74) is 0.642. The fourth-order valence-corrected chi connectivity index (χ4v) is 4.47. The second-order valence-corrected chi connectivity index (χ2v) is 9.23. The van der Waals surface area contributed by atoms with Crippen LogP contribution in [0.5, 0.6) is 0 Å². The summed E-state index contributed by atoms with van der Waals surface area (Å²) in [5, 5.41) is 13.4. The molecule has 0 spiro atoms. The zero-order valence-corrected chi connectivity index (χ0v) is 19.1. The number of esters is 1. The normalized spacial score (nSPS) is 15.6. The van der Waals surface area contributed by atoms with Gasteiger partial charge in [0.25, 0.3) is 11.6 Å². The summed E-state index contributed by atoms with van der Waals surface area (Å²) in [6, 6.07) is 11.4. The number of carbonyl (C=O) groups is 2. The van der Waals surface area contributed by atoms with Crippen molar-refractivity contribution >= 4 is 39.4 Å². The van der Waals surface area contributed by atoms with Crippen LogP contribution < -0.4 is 5.32 Å². The molecule has 1 saturated heterocycles. The minimum Gasteiger partial charge on any atom is -0.449 e. The number of hydrogen-bond donors (Lipinski definition) is 1. The van der Waals surface area contributed by atoms with Gasteiger partial charge in [0.1, 0.15) is 0 Å². The number of nitrogens with zero attached hydrogens (tertiary/aromatic N) is 2. The molecule has 11 nitrogen and oxygen atoms in total. The van der Waals surface area contributed by atoms with E-state index in [9.17, 15) is 28.1 Å². The summed E-state index contributed by atoms with van der Waals surface area (Å²) in [7, 11) is -3.65. The van der Waals surface area contributed by atoms with Crippen molar-refractivity contribution in [2.45, 2.75) is 17.9 Å². The van der Waals surface area contributed by atoms with E-state index in [2.05, 4.69) is 5.32 Å². The van der Waals surface area contributed by atoms with Crippen molar-refractivity contribution in [3.8, 4) is 0 Å². The highest BCUT2D eigenvalue weighted by Gasteiger charge is 2.26. The highest BCUT2D eigenvalue weighted by molar-refractivity contribution is 7.89. The van der Waals surface area contributed by atoms with Crippen LogP contribution in [0.25, 0.3) is 6.08 Å². The molecule has 1 atom stereocenters. The Morgan fingerprint density at radius 3 is 2.50 bits per heavy atom. The van der Waals surface area contributed by atoms with Gasteiger partial charge < -0.3 is 14.8 Å². The highest BCUT2D eigenvalue weighted by atomic mass is 32.2. The predicted octanol–water partition coefficient (Wildman–Crippen LogP) is 2.20. The number of anilines is 1. The van der Waals surface area contributed by atoms with Crippen molar-refractivity contribution in [1.29, 1.82) is 0 Å². The number of amides is 1. The van der Waals surface area contributed by atoms with Gasteiger partial charge in [-0.05, 0) is 42.8 Å². The van der Waals surface area contributed by atoms with Crippen molar-refractivity contribution in [2.75, 3.05) is 31.6 Å². The average molecular weight is 490 g/mol. The SMILES string of the molecule is C[C@H](OC(=O)/C=C/c1cccc([N+](=O)[O-])c1)C(=O)Nc1ccc(S(=O)(=O)N2CCOCC2)cc1. The molecule has 0 aromatic heterocycles. The van der Waals surface area contributed by atoms with E-state index >= 15 is 0 Å². The molecule has 1 amide bonds. The van der Waals surface area contributed by atoms with E-state index in [1.165, 1.54) is 59.8 Å². The number of hydrogen-bond acceptors (Lipinski definition) is 8. The van der Waals surface area contributed by atoms with E-state index in [4.69, 9.17) is 9.47 Å². The minimum atomic E-state index is -3.65. The second kappa shape index (κ2) is 11.0. The van der Waals surface area contributed by atoms with Crippen molar-refractivity contribution in [3.05, 3.63) is 70.3 Å². The lowest BCUT2D eigenvalue weighted by atomic mass is 10.2. The number of carbonyl (C=O) groups excluding carboxylic acids is 2. The molecule has 0 aliphatic carbocycles. The Kier molecular flexibility index (Phi) is 8.10. The Hall–Kier alpha value is -3.61. The molecular weight excluding hydrogens is 466 g/mol. The first-order valence-electron chi connectivity index (χ1n) is 10.3. The lowest BCUT2D eigenvalue weighted by Crippen LogP contribution is -2.40. The largest absolute Gasteiger partial charge is 0.449 e. The number of nitrogens with one attached hydrogen (secondary N) is 1. The lowest BCUT2D eigenvalue weighted by molar-refractivity contribution is -0.384. The first-order chi connectivity index (χ1) is 16.2. The molecular formula is C22H23N3O8S. The first kappa shape index (κ1) is 25.0. The predicted molar refractivity (Wildman–Crippen MR) is 122 cm³/mol. The van der Waals surface area contributed by atoms with E-state index in [0.29, 0.717) is 24.5 Å². The zero-order chi connectivity index (χ0) is 24.7. The minimum absolute atomic E-state index is 0.0955. The van der Waals surface area contributed by atoms with Crippen LogP contribution in [0.15, 0.2) is 59.5 Å². The zero-order valence-electron chi connectivity index (χ0n) is 18.2. The summed E-state index contributed by atoms with van der Waals surface area (Å²) in [6.07, 6.45) is 1.26. The third-order valence-electron chi connectivity index (χ3n) is 4.88. The molecule has 2 aromatic rings. The van der Waals surface area contributed by atoms with Crippen LogP contribution in [0.1, 0.15) is 12.5 Å². The van der Waals surface area contributed by atoms with Gasteiger partial charge in [-0.1, -0.05) is 12.1 Å². The Labute approximate surface area is 196 Å². The van der Waals surface area contributed by atoms with E-state index in [0.717, 1.165) is 6.08 Å². The quantitative estimate of drug-likeness (QED) is 0.257. The number of ether oxygens (including phenoxy) is 2. The monoisotopic (exact) mass is 489 g/mol. The maximum Gasteiger partial charge on any atom is 0.331 e. The Bertz CT molecular complexity index is 1190. The molecule has 1 aliphatic heterocycles. The second-order valence-electron chi connectivity index (χ2n) is 7.29. The number of nitro benzene ring substituents is 1. The van der Waals surface area contributed by atoms with Gasteiger partial charge in [-0.3, -0.25) is 14.9 Å². The van der Waals surface area contributed by atoms with Crippen molar-refractivity contribution in [3.63, 3.8) is 0 Å². The summed E-state index contributed by atoms with van der Waals surface area (Å²) in [5.74, 6) is -1.41. The third-order valence-corrected chi connectivity index (χ3v) is 6.80. The Morgan fingerprint density at radius 2 is 1.85 bits per heavy atom. The van der Waals surface area contributed by atoms with Gasteiger partial charge in [0, 0.05) is 37.0 Å². The van der Waals surface area contributed by atoms with Crippen LogP contribution in [0.4, 0.5) is 11.4 Å². The first-order valence-corrected chi connectivity index (χ1v) is 11.7. The molecule has 180 valence electrons. The van der Waals surface area contributed by atoms with Gasteiger partial charge in [-0.25, -0.2) is 13.2 Å². The lowest BCUT2D eigenvalue weighted by Gasteiger charge is -2.26. The molecule has 1 aliphatic rings. The molecule has 0 radical (unpaired) electrons. The van der Waals surface area contributed by atoms with Gasteiger partial charge in [-0.15, -0.1) is 0 Å². The van der Waals surface area contributed by atoms with Gasteiger partial charge in [0.15, 0.2) is 6.10 Å². The summed E-state index contributed by atoms with van der Waals surface area (Å²) >= 11 is 0. The molecule has 0 unspecified atom stereocenters. The van der Waals surface area contributed by atoms with Gasteiger partial charge in [0.2, 0.25) is 10.0 Å². The number of rotatable bonds is 8. The van der Waals surface area contributed by atoms with Crippen LogP contribution in [0, 0.1) is 10.1 Å². The molecule has 12 heteroatoms. The number of non-ortho nitro benzene ring substituents is 1. The molecule has 2 aromatic carbocycles. The molecule has 1 heterocycles. The van der Waals surface area contributed by atoms with Crippen LogP contribution in [-0.2, 0) is 29.1 Å². The summed E-state index contributed by atoms with van der Waals surface area (Å²) in [6.45, 7) is 2.61. The van der Waals surface area contributed by atoms with E-state index in [1.54, 1.807) is 6.07 Å². The molecule has 34 heavy (non-hydrogen) atoms. The van der Waals surface area contributed by atoms with Gasteiger partial charge in [0.05, 0.1) is 23.0 Å². The topological polar surface area (TPSA) is 145 Å². The maximum absolute atomic E-state index is 12.7. The van der Waals surface area contributed by atoms with Crippen LogP contribution in [0.2, 0.25) is 0 Å². The molecule has 1 fully saturated rings. The molecule has 0 bridgehead atoms. The maximum atomic E-state index is 12.7. The fourth-order valence-electron chi connectivity index (χ4n) is 3.06. The third kappa shape index (κ3) is 6.47. The van der Waals surface area contributed by atoms with E-state index < -0.39 is 32.9 Å². The highest BCUT2D eigenvalue weighted by Crippen LogP contribution is 2.20. The Balaban J connectivity index is 1.55. The number of sulfonamides is 1. The molecule has 0 saturated carbocycles. The Morgan fingerprint density at radius 1 is 1.18 bits per heavy atom. The van der Waals surface area contributed by atoms with Crippen molar-refractivity contribution < 1.29 is 32.4 Å².